The van der Waals surface area contributed by atoms with Crippen LogP contribution in [-0.4, -0.2) is 26.4 Å². The first-order chi connectivity index (χ1) is 17.6. The van der Waals surface area contributed by atoms with E-state index in [0.717, 1.165) is 45.6 Å². The van der Waals surface area contributed by atoms with Gasteiger partial charge >= 0.3 is 0 Å². The van der Waals surface area contributed by atoms with Crippen LogP contribution >= 0.6 is 11.3 Å². The van der Waals surface area contributed by atoms with Crippen LogP contribution in [0.3, 0.4) is 0 Å². The van der Waals surface area contributed by atoms with Crippen molar-refractivity contribution in [3.05, 3.63) is 84.8 Å². The molecule has 36 heavy (non-hydrogen) atoms. The van der Waals surface area contributed by atoms with Crippen LogP contribution in [0.4, 0.5) is 22.2 Å². The van der Waals surface area contributed by atoms with Gasteiger partial charge in [0.2, 0.25) is 0 Å². The van der Waals surface area contributed by atoms with Gasteiger partial charge in [-0.15, -0.1) is 0 Å². The maximum Gasteiger partial charge on any atom is 0.255 e. The molecule has 0 radical (unpaired) electrons. The van der Waals surface area contributed by atoms with E-state index < -0.39 is 0 Å². The van der Waals surface area contributed by atoms with E-state index in [0.29, 0.717) is 23.0 Å². The molecule has 8 nitrogen and oxygen atoms in total. The third-order valence-corrected chi connectivity index (χ3v) is 7.13. The Bertz CT molecular complexity index is 1540. The lowest BCUT2D eigenvalue weighted by Crippen LogP contribution is -2.24. The zero-order chi connectivity index (χ0) is 24.5. The van der Waals surface area contributed by atoms with Crippen LogP contribution in [0.1, 0.15) is 29.6 Å². The van der Waals surface area contributed by atoms with Crippen LogP contribution in [0.25, 0.3) is 16.2 Å². The second-order valence-corrected chi connectivity index (χ2v) is 9.71. The summed E-state index contributed by atoms with van der Waals surface area (Å²) in [6.07, 6.45) is 9.48. The zero-order valence-electron chi connectivity index (χ0n) is 19.3. The van der Waals surface area contributed by atoms with Crippen LogP contribution in [0.5, 0.6) is 5.75 Å². The lowest BCUT2D eigenvalue weighted by atomic mass is 9.96. The molecule has 1 aliphatic rings. The minimum atomic E-state index is -0.218. The van der Waals surface area contributed by atoms with Crippen LogP contribution in [0, 0.1) is 0 Å². The highest BCUT2D eigenvalue weighted by Crippen LogP contribution is 2.33. The number of thiazole rings is 1. The van der Waals surface area contributed by atoms with E-state index in [1.165, 1.54) is 17.8 Å². The molecule has 1 fully saturated rings. The van der Waals surface area contributed by atoms with Gasteiger partial charge in [0.25, 0.3) is 5.91 Å². The Kier molecular flexibility index (Phi) is 5.74. The number of aromatic nitrogens is 3. The van der Waals surface area contributed by atoms with Crippen LogP contribution < -0.4 is 21.1 Å². The molecule has 0 bridgehead atoms. The molecule has 0 saturated heterocycles. The highest BCUT2D eigenvalue weighted by atomic mass is 32.1. The van der Waals surface area contributed by atoms with E-state index in [1.807, 2.05) is 59.4 Å². The molecular weight excluding hydrogens is 472 g/mol. The molecule has 0 spiro atoms. The van der Waals surface area contributed by atoms with E-state index in [4.69, 9.17) is 10.5 Å². The average Bonchev–Trinajstić information content (AvgIpc) is 3.50. The Morgan fingerprint density at radius 3 is 2.64 bits per heavy atom. The number of ether oxygens (including phenoxy) is 1. The van der Waals surface area contributed by atoms with Gasteiger partial charge in [0.1, 0.15) is 11.4 Å². The summed E-state index contributed by atoms with van der Waals surface area (Å²) in [7, 11) is 0. The molecule has 0 atom stereocenters. The fourth-order valence-electron chi connectivity index (χ4n) is 3.98. The number of para-hydroxylation sites is 2. The molecule has 5 aromatic rings. The first-order valence-electron chi connectivity index (χ1n) is 11.8. The fraction of sp³-hybridized carbons (Fsp3) is 0.148. The Morgan fingerprint density at radius 2 is 1.86 bits per heavy atom. The molecule has 1 amide bonds. The van der Waals surface area contributed by atoms with Crippen molar-refractivity contribution in [2.45, 2.75) is 25.4 Å². The molecule has 2 aromatic carbocycles. The summed E-state index contributed by atoms with van der Waals surface area (Å²) < 4.78 is 8.10. The van der Waals surface area contributed by atoms with Crippen molar-refractivity contribution in [1.82, 2.24) is 14.4 Å². The molecule has 0 aliphatic heterocycles. The van der Waals surface area contributed by atoms with Crippen LogP contribution in [0.2, 0.25) is 0 Å². The summed E-state index contributed by atoms with van der Waals surface area (Å²) in [5.74, 6) is 0.637. The second-order valence-electron chi connectivity index (χ2n) is 8.68. The Morgan fingerprint density at radius 1 is 1.03 bits per heavy atom. The first kappa shape index (κ1) is 22.1. The van der Waals surface area contributed by atoms with Crippen molar-refractivity contribution in [3.8, 4) is 16.3 Å². The number of nitrogens with two attached hydrogens (primary N) is 1. The predicted molar refractivity (Wildman–Crippen MR) is 143 cm³/mol. The predicted octanol–water partition coefficient (Wildman–Crippen LogP) is 5.97. The highest BCUT2D eigenvalue weighted by Gasteiger charge is 2.19. The molecule has 3 heterocycles. The number of nitrogens with one attached hydrogen (secondary N) is 2. The van der Waals surface area contributed by atoms with E-state index in [1.54, 1.807) is 24.3 Å². The summed E-state index contributed by atoms with van der Waals surface area (Å²) in [5.41, 5.74) is 10.2. The van der Waals surface area contributed by atoms with Crippen LogP contribution in [0.15, 0.2) is 79.3 Å². The van der Waals surface area contributed by atoms with Gasteiger partial charge in [-0.3, -0.25) is 9.20 Å². The Hall–Kier alpha value is -4.37. The fourth-order valence-corrected chi connectivity index (χ4v) is 4.82. The number of hydrogen-bond acceptors (Lipinski definition) is 7. The number of benzene rings is 2. The molecule has 6 rings (SSSR count). The lowest BCUT2D eigenvalue weighted by molar-refractivity contribution is 0.102. The van der Waals surface area contributed by atoms with Gasteiger partial charge in [-0.1, -0.05) is 23.5 Å². The SMILES string of the molecule is Nc1ccccc1NC(=O)c1ccc(Nc2ncc(-c3cnc4ccc(OC5CCC5)cn34)s2)cc1. The molecular formula is C27H24N6O2S. The zero-order valence-corrected chi connectivity index (χ0v) is 20.2. The monoisotopic (exact) mass is 496 g/mol. The molecule has 1 saturated carbocycles. The van der Waals surface area contributed by atoms with Crippen molar-refractivity contribution in [3.63, 3.8) is 0 Å². The summed E-state index contributed by atoms with van der Waals surface area (Å²) >= 11 is 1.53. The molecule has 1 aliphatic carbocycles. The first-order valence-corrected chi connectivity index (χ1v) is 12.6. The third kappa shape index (κ3) is 4.48. The molecule has 180 valence electrons. The number of carbonyl (C=O) groups excluding carboxylic acids is 1. The van der Waals surface area contributed by atoms with Crippen molar-refractivity contribution in [1.29, 1.82) is 0 Å². The largest absolute Gasteiger partial charge is 0.489 e. The van der Waals surface area contributed by atoms with E-state index in [9.17, 15) is 4.79 Å². The van der Waals surface area contributed by atoms with Crippen molar-refractivity contribution in [2.24, 2.45) is 0 Å². The molecule has 0 unspecified atom stereocenters. The van der Waals surface area contributed by atoms with Gasteiger partial charge in [-0.25, -0.2) is 9.97 Å². The normalized spacial score (nSPS) is 13.3. The third-order valence-electron chi connectivity index (χ3n) is 6.20. The number of carbonyl (C=O) groups is 1. The van der Waals surface area contributed by atoms with Crippen molar-refractivity contribution in [2.75, 3.05) is 16.4 Å². The average molecular weight is 497 g/mol. The van der Waals surface area contributed by atoms with E-state index >= 15 is 0 Å². The van der Waals surface area contributed by atoms with Gasteiger partial charge in [0.15, 0.2) is 5.13 Å². The maximum atomic E-state index is 12.6. The van der Waals surface area contributed by atoms with Gasteiger partial charge in [-0.05, 0) is 67.8 Å². The highest BCUT2D eigenvalue weighted by molar-refractivity contribution is 7.18. The molecule has 4 N–H and O–H groups in total. The molecule has 3 aromatic heterocycles. The number of rotatable bonds is 7. The standard InChI is InChI=1S/C27H24N6O2S/c28-21-6-1-2-7-22(21)32-26(34)17-8-10-18(11-9-17)31-27-30-15-24(36-27)23-14-29-25-13-12-20(16-33(23)25)35-19-4-3-5-19/h1-2,6-16,19H,3-5,28H2,(H,30,31)(H,32,34). The minimum absolute atomic E-state index is 0.218. The summed E-state index contributed by atoms with van der Waals surface area (Å²) in [4.78, 5) is 22.6. The number of pyridine rings is 1. The quantitative estimate of drug-likeness (QED) is 0.240. The minimum Gasteiger partial charge on any atom is -0.489 e. The number of nitrogen functional groups attached to an aromatic ring is 1. The Labute approximate surface area is 211 Å². The van der Waals surface area contributed by atoms with Gasteiger partial charge in [0, 0.05) is 17.4 Å². The van der Waals surface area contributed by atoms with Crippen LogP contribution in [-0.2, 0) is 0 Å². The number of amides is 1. The number of anilines is 4. The number of fused-ring (bicyclic) bond motifs is 1. The summed E-state index contributed by atoms with van der Waals surface area (Å²) in [6.45, 7) is 0. The van der Waals surface area contributed by atoms with E-state index in [-0.39, 0.29) is 5.91 Å². The topological polar surface area (TPSA) is 107 Å². The summed E-state index contributed by atoms with van der Waals surface area (Å²) in [6, 6.07) is 18.4. The van der Waals surface area contributed by atoms with Crippen molar-refractivity contribution < 1.29 is 9.53 Å². The number of imidazole rings is 1. The van der Waals surface area contributed by atoms with Gasteiger partial charge in [0.05, 0.1) is 40.4 Å². The summed E-state index contributed by atoms with van der Waals surface area (Å²) in [5, 5.41) is 6.90. The second kappa shape index (κ2) is 9.35. The molecule has 9 heteroatoms. The number of nitrogens with zero attached hydrogens (tertiary/aromatic N) is 3. The van der Waals surface area contributed by atoms with Crippen molar-refractivity contribution >= 4 is 45.1 Å². The maximum absolute atomic E-state index is 12.6. The van der Waals surface area contributed by atoms with E-state index in [2.05, 4.69) is 20.6 Å². The lowest BCUT2D eigenvalue weighted by Gasteiger charge is -2.26. The Balaban J connectivity index is 1.15. The smallest absolute Gasteiger partial charge is 0.255 e. The van der Waals surface area contributed by atoms with Gasteiger partial charge < -0.3 is 21.1 Å². The van der Waals surface area contributed by atoms with Gasteiger partial charge in [-0.2, -0.15) is 0 Å². The number of hydrogen-bond donors (Lipinski definition) is 3.